The average Bonchev–Trinajstić information content (AvgIpc) is 3.25. The Morgan fingerprint density at radius 3 is 2.62 bits per heavy atom. The number of amides is 1. The minimum Gasteiger partial charge on any atom is -0.491 e. The van der Waals surface area contributed by atoms with Gasteiger partial charge in [-0.15, -0.1) is 23.5 Å². The molecule has 1 fully saturated rings. The fourth-order valence-corrected chi connectivity index (χ4v) is 5.90. The van der Waals surface area contributed by atoms with Crippen molar-refractivity contribution in [1.29, 1.82) is 0 Å². The first-order valence-corrected chi connectivity index (χ1v) is 10.2. The summed E-state index contributed by atoms with van der Waals surface area (Å²) in [7, 11) is 0. The Balaban J connectivity index is 1.46. The van der Waals surface area contributed by atoms with Gasteiger partial charge in [0.1, 0.15) is 12.4 Å². The molecule has 4 rings (SSSR count). The third-order valence-electron chi connectivity index (χ3n) is 4.32. The third-order valence-corrected chi connectivity index (χ3v) is 7.42. The number of hydrogen-bond acceptors (Lipinski definition) is 4. The zero-order valence-corrected chi connectivity index (χ0v) is 15.1. The van der Waals surface area contributed by atoms with E-state index in [1.807, 2.05) is 47.8 Å². The van der Waals surface area contributed by atoms with Crippen LogP contribution < -0.4 is 10.1 Å². The van der Waals surface area contributed by atoms with Crippen LogP contribution in [-0.4, -0.2) is 24.0 Å². The molecule has 1 N–H and O–H groups in total. The first kappa shape index (κ1) is 15.9. The molecular formula is C19H19NO2S2. The van der Waals surface area contributed by atoms with Crippen molar-refractivity contribution in [2.24, 2.45) is 0 Å². The summed E-state index contributed by atoms with van der Waals surface area (Å²) < 4.78 is 6.18. The zero-order valence-electron chi connectivity index (χ0n) is 13.5. The lowest BCUT2D eigenvalue weighted by molar-refractivity contribution is 0.0930. The summed E-state index contributed by atoms with van der Waals surface area (Å²) in [6, 6.07) is 14.0. The molecule has 24 heavy (non-hydrogen) atoms. The van der Waals surface area contributed by atoms with Gasteiger partial charge in [0.05, 0.1) is 10.6 Å². The molecule has 3 nitrogen and oxygen atoms in total. The molecule has 0 unspecified atom stereocenters. The Kier molecular flexibility index (Phi) is 4.46. The van der Waals surface area contributed by atoms with Crippen LogP contribution in [0.5, 0.6) is 5.75 Å². The topological polar surface area (TPSA) is 38.3 Å². The minimum absolute atomic E-state index is 0.0452. The van der Waals surface area contributed by atoms with Crippen LogP contribution in [0, 0.1) is 6.92 Å². The normalized spacial score (nSPS) is 19.8. The van der Waals surface area contributed by atoms with E-state index in [1.54, 1.807) is 0 Å². The minimum atomic E-state index is -0.0759. The number of carbonyl (C=O) groups is 1. The van der Waals surface area contributed by atoms with Gasteiger partial charge in [0.2, 0.25) is 0 Å². The number of aryl methyl sites for hydroxylation is 1. The molecule has 1 amide bonds. The summed E-state index contributed by atoms with van der Waals surface area (Å²) in [6.07, 6.45) is 0. The lowest BCUT2D eigenvalue weighted by atomic mass is 10.0. The maximum atomic E-state index is 12.6. The number of rotatable bonds is 3. The van der Waals surface area contributed by atoms with Crippen molar-refractivity contribution in [1.82, 2.24) is 5.32 Å². The number of carbonyl (C=O) groups excluding carboxylic acids is 1. The second kappa shape index (κ2) is 6.73. The van der Waals surface area contributed by atoms with Gasteiger partial charge in [-0.2, -0.15) is 0 Å². The predicted octanol–water partition coefficient (Wildman–Crippen LogP) is 4.34. The molecule has 0 aromatic heterocycles. The van der Waals surface area contributed by atoms with Crippen LogP contribution in [-0.2, 0) is 0 Å². The van der Waals surface area contributed by atoms with Crippen molar-refractivity contribution in [3.8, 4) is 5.75 Å². The Labute approximate surface area is 150 Å². The maximum absolute atomic E-state index is 12.6. The van der Waals surface area contributed by atoms with E-state index in [9.17, 15) is 4.79 Å². The van der Waals surface area contributed by atoms with Crippen molar-refractivity contribution in [3.63, 3.8) is 0 Å². The molecule has 124 valence electrons. The van der Waals surface area contributed by atoms with Crippen LogP contribution >= 0.6 is 23.5 Å². The summed E-state index contributed by atoms with van der Waals surface area (Å²) in [6.45, 7) is 2.55. The van der Waals surface area contributed by atoms with Gasteiger partial charge in [0.25, 0.3) is 5.91 Å². The number of hydrogen-bond donors (Lipinski definition) is 1. The summed E-state index contributed by atoms with van der Waals surface area (Å²) in [4.78, 5) is 12.6. The molecule has 0 saturated carbocycles. The molecule has 0 radical (unpaired) electrons. The van der Waals surface area contributed by atoms with Gasteiger partial charge in [-0.25, -0.2) is 0 Å². The summed E-state index contributed by atoms with van der Waals surface area (Å²) in [5, 5.41) is 3.09. The van der Waals surface area contributed by atoms with Crippen LogP contribution in [0.2, 0.25) is 0 Å². The van der Waals surface area contributed by atoms with Gasteiger partial charge in [-0.3, -0.25) is 4.79 Å². The van der Waals surface area contributed by atoms with Gasteiger partial charge in [0.15, 0.2) is 0 Å². The van der Waals surface area contributed by atoms with Gasteiger partial charge >= 0.3 is 0 Å². The number of thioether (sulfide) groups is 2. The molecule has 2 aliphatic rings. The van der Waals surface area contributed by atoms with E-state index in [-0.39, 0.29) is 11.9 Å². The standard InChI is InChI=1S/C19H19NO2S2/c1-12-2-7-17-15(10-12)16(11-22-17)20-18(21)13-3-5-14(6-4-13)19-23-8-9-24-19/h2-7,10,16,19H,8-9,11H2,1H3,(H,20,21)/t16-/m1/s1. The number of ether oxygens (including phenoxy) is 1. The second-order valence-electron chi connectivity index (χ2n) is 6.07. The summed E-state index contributed by atoms with van der Waals surface area (Å²) in [5.41, 5.74) is 4.24. The largest absolute Gasteiger partial charge is 0.491 e. The highest BCUT2D eigenvalue weighted by atomic mass is 32.2. The maximum Gasteiger partial charge on any atom is 0.251 e. The van der Waals surface area contributed by atoms with Gasteiger partial charge in [-0.05, 0) is 30.7 Å². The van der Waals surface area contributed by atoms with Crippen LogP contribution in [0.4, 0.5) is 0 Å². The Bertz CT molecular complexity index is 754. The number of fused-ring (bicyclic) bond motifs is 1. The predicted molar refractivity (Wildman–Crippen MR) is 101 cm³/mol. The summed E-state index contributed by atoms with van der Waals surface area (Å²) in [5.74, 6) is 3.24. The first-order valence-electron chi connectivity index (χ1n) is 8.08. The molecule has 2 aromatic rings. The van der Waals surface area contributed by atoms with E-state index >= 15 is 0 Å². The molecule has 2 aromatic carbocycles. The van der Waals surface area contributed by atoms with Crippen LogP contribution in [0.25, 0.3) is 0 Å². The highest BCUT2D eigenvalue weighted by Gasteiger charge is 2.26. The number of benzene rings is 2. The fraction of sp³-hybridized carbons (Fsp3) is 0.316. The van der Waals surface area contributed by atoms with E-state index in [4.69, 9.17) is 4.74 Å². The van der Waals surface area contributed by atoms with E-state index in [0.717, 1.165) is 11.3 Å². The molecule has 2 aliphatic heterocycles. The SMILES string of the molecule is Cc1ccc2c(c1)[C@H](NC(=O)c1ccc(C3SCCS3)cc1)CO2. The molecule has 1 atom stereocenters. The van der Waals surface area contributed by atoms with Crippen molar-refractivity contribution in [2.75, 3.05) is 18.1 Å². The Morgan fingerprint density at radius 1 is 1.12 bits per heavy atom. The van der Waals surface area contributed by atoms with Gasteiger partial charge in [0, 0.05) is 22.6 Å². The smallest absolute Gasteiger partial charge is 0.251 e. The van der Waals surface area contributed by atoms with E-state index < -0.39 is 0 Å². The van der Waals surface area contributed by atoms with Gasteiger partial charge < -0.3 is 10.1 Å². The highest BCUT2D eigenvalue weighted by Crippen LogP contribution is 2.45. The van der Waals surface area contributed by atoms with Crippen LogP contribution in [0.3, 0.4) is 0 Å². The quantitative estimate of drug-likeness (QED) is 0.887. The monoisotopic (exact) mass is 357 g/mol. The average molecular weight is 358 g/mol. The number of nitrogens with one attached hydrogen (secondary N) is 1. The van der Waals surface area contributed by atoms with E-state index in [0.29, 0.717) is 16.8 Å². The van der Waals surface area contributed by atoms with E-state index in [1.165, 1.54) is 22.6 Å². The van der Waals surface area contributed by atoms with Crippen molar-refractivity contribution in [3.05, 3.63) is 64.7 Å². The first-order chi connectivity index (χ1) is 11.7. The van der Waals surface area contributed by atoms with Crippen molar-refractivity contribution >= 4 is 29.4 Å². The highest BCUT2D eigenvalue weighted by molar-refractivity contribution is 8.19. The Hall–Kier alpha value is -1.59. The molecule has 0 aliphatic carbocycles. The summed E-state index contributed by atoms with van der Waals surface area (Å²) >= 11 is 3.95. The lowest BCUT2D eigenvalue weighted by Crippen LogP contribution is -2.29. The molecule has 1 saturated heterocycles. The zero-order chi connectivity index (χ0) is 16.5. The Morgan fingerprint density at radius 2 is 1.88 bits per heavy atom. The molecular weight excluding hydrogens is 338 g/mol. The fourth-order valence-electron chi connectivity index (χ4n) is 3.04. The van der Waals surface area contributed by atoms with E-state index in [2.05, 4.69) is 30.4 Å². The van der Waals surface area contributed by atoms with Crippen LogP contribution in [0.1, 0.15) is 37.7 Å². The third kappa shape index (κ3) is 3.15. The molecule has 5 heteroatoms. The molecule has 0 spiro atoms. The second-order valence-corrected chi connectivity index (χ2v) is 8.80. The molecule has 0 bridgehead atoms. The van der Waals surface area contributed by atoms with Crippen molar-refractivity contribution < 1.29 is 9.53 Å². The molecule has 2 heterocycles. The lowest BCUT2D eigenvalue weighted by Gasteiger charge is -2.13. The van der Waals surface area contributed by atoms with Crippen LogP contribution in [0.15, 0.2) is 42.5 Å². The van der Waals surface area contributed by atoms with Crippen molar-refractivity contribution in [2.45, 2.75) is 17.5 Å². The van der Waals surface area contributed by atoms with Gasteiger partial charge in [-0.1, -0.05) is 29.8 Å².